The first-order chi connectivity index (χ1) is 11.3. The van der Waals surface area contributed by atoms with Crippen molar-refractivity contribution in [2.75, 3.05) is 5.75 Å². The summed E-state index contributed by atoms with van der Waals surface area (Å²) in [5.41, 5.74) is 1.96. The van der Waals surface area contributed by atoms with Crippen LogP contribution in [0.4, 0.5) is 0 Å². The van der Waals surface area contributed by atoms with Gasteiger partial charge >= 0.3 is 0 Å². The van der Waals surface area contributed by atoms with Crippen LogP contribution in [0.5, 0.6) is 0 Å². The summed E-state index contributed by atoms with van der Waals surface area (Å²) in [6.45, 7) is 5.75. The lowest BCUT2D eigenvalue weighted by molar-refractivity contribution is -0.118. The van der Waals surface area contributed by atoms with Crippen molar-refractivity contribution in [1.82, 2.24) is 0 Å². The van der Waals surface area contributed by atoms with E-state index in [0.29, 0.717) is 5.92 Å². The molecular formula is C20H24O3S. The molecule has 0 amide bonds. The Morgan fingerprint density at radius 2 is 1.54 bits per heavy atom. The summed E-state index contributed by atoms with van der Waals surface area (Å²) in [5.74, 6) is -0.414. The molecule has 0 radical (unpaired) electrons. The second-order valence-electron chi connectivity index (χ2n) is 6.60. The van der Waals surface area contributed by atoms with Crippen LogP contribution < -0.4 is 0 Å². The number of rotatable bonds is 7. The molecule has 0 aromatic heterocycles. The van der Waals surface area contributed by atoms with Gasteiger partial charge in [-0.3, -0.25) is 4.79 Å². The third kappa shape index (κ3) is 4.78. The quantitative estimate of drug-likeness (QED) is 0.762. The molecule has 0 saturated heterocycles. The zero-order valence-corrected chi connectivity index (χ0v) is 15.2. The van der Waals surface area contributed by atoms with Crippen molar-refractivity contribution >= 4 is 15.6 Å². The van der Waals surface area contributed by atoms with Gasteiger partial charge < -0.3 is 0 Å². The lowest BCUT2D eigenvalue weighted by atomic mass is 9.94. The van der Waals surface area contributed by atoms with Gasteiger partial charge in [-0.2, -0.15) is 0 Å². The van der Waals surface area contributed by atoms with E-state index in [0.717, 1.165) is 12.0 Å². The molecule has 4 heteroatoms. The minimum Gasteiger partial charge on any atom is -0.299 e. The molecule has 0 fully saturated rings. The monoisotopic (exact) mass is 344 g/mol. The van der Waals surface area contributed by atoms with E-state index >= 15 is 0 Å². The van der Waals surface area contributed by atoms with E-state index in [2.05, 4.69) is 13.8 Å². The van der Waals surface area contributed by atoms with Crippen molar-refractivity contribution in [2.45, 2.75) is 38.0 Å². The molecule has 0 bridgehead atoms. The summed E-state index contributed by atoms with van der Waals surface area (Å²) in [7, 11) is -3.50. The Kier molecular flexibility index (Phi) is 5.94. The van der Waals surface area contributed by atoms with Crippen LogP contribution in [0.2, 0.25) is 0 Å². The van der Waals surface area contributed by atoms with E-state index in [1.165, 1.54) is 12.5 Å². The van der Waals surface area contributed by atoms with Gasteiger partial charge in [0.15, 0.2) is 9.84 Å². The minimum absolute atomic E-state index is 0.133. The molecular weight excluding hydrogens is 320 g/mol. The highest BCUT2D eigenvalue weighted by atomic mass is 32.2. The highest BCUT2D eigenvalue weighted by molar-refractivity contribution is 7.91. The van der Waals surface area contributed by atoms with Gasteiger partial charge in [0.2, 0.25) is 0 Å². The summed E-state index contributed by atoms with van der Waals surface area (Å²) in [5, 5.41) is 0. The first-order valence-electron chi connectivity index (χ1n) is 8.16. The van der Waals surface area contributed by atoms with Crippen LogP contribution in [-0.4, -0.2) is 20.0 Å². The van der Waals surface area contributed by atoms with Crippen molar-refractivity contribution in [3.8, 4) is 0 Å². The summed E-state index contributed by atoms with van der Waals surface area (Å²) in [6, 6.07) is 16.0. The Hall–Kier alpha value is -1.94. The predicted molar refractivity (Wildman–Crippen MR) is 96.9 cm³/mol. The lowest BCUT2D eigenvalue weighted by Crippen LogP contribution is -2.20. The van der Waals surface area contributed by atoms with Crippen molar-refractivity contribution < 1.29 is 13.2 Å². The Labute approximate surface area is 144 Å². The van der Waals surface area contributed by atoms with Crippen LogP contribution in [0.3, 0.4) is 0 Å². The summed E-state index contributed by atoms with van der Waals surface area (Å²) < 4.78 is 25.2. The van der Waals surface area contributed by atoms with Gasteiger partial charge in [-0.05, 0) is 42.5 Å². The molecule has 0 aliphatic heterocycles. The SMILES string of the molecule is CC(=O)[C@H](CS(=O)(=O)c1ccccc1)c1ccc(CC(C)C)cc1. The molecule has 128 valence electrons. The zero-order valence-electron chi connectivity index (χ0n) is 14.4. The number of ketones is 1. The predicted octanol–water partition coefficient (Wildman–Crippen LogP) is 4.03. The second kappa shape index (κ2) is 7.75. The van der Waals surface area contributed by atoms with E-state index in [4.69, 9.17) is 0 Å². The molecule has 0 aliphatic rings. The fourth-order valence-corrected chi connectivity index (χ4v) is 4.38. The number of sulfone groups is 1. The van der Waals surface area contributed by atoms with Crippen LogP contribution in [0.15, 0.2) is 59.5 Å². The minimum atomic E-state index is -3.50. The summed E-state index contributed by atoms with van der Waals surface area (Å²) >= 11 is 0. The van der Waals surface area contributed by atoms with E-state index in [-0.39, 0.29) is 16.4 Å². The highest BCUT2D eigenvalue weighted by Gasteiger charge is 2.25. The molecule has 2 aromatic carbocycles. The van der Waals surface area contributed by atoms with Gasteiger partial charge in [-0.25, -0.2) is 8.42 Å². The van der Waals surface area contributed by atoms with E-state index in [1.807, 2.05) is 24.3 Å². The van der Waals surface area contributed by atoms with Crippen LogP contribution in [-0.2, 0) is 21.1 Å². The smallest absolute Gasteiger partial charge is 0.179 e. The molecule has 0 heterocycles. The Morgan fingerprint density at radius 3 is 2.04 bits per heavy atom. The number of carbonyl (C=O) groups is 1. The molecule has 0 spiro atoms. The van der Waals surface area contributed by atoms with E-state index in [1.54, 1.807) is 30.3 Å². The molecule has 24 heavy (non-hydrogen) atoms. The van der Waals surface area contributed by atoms with Gasteiger partial charge in [-0.15, -0.1) is 0 Å². The van der Waals surface area contributed by atoms with Crippen LogP contribution in [0.1, 0.15) is 37.8 Å². The van der Waals surface area contributed by atoms with Gasteiger partial charge in [0.05, 0.1) is 16.6 Å². The van der Waals surface area contributed by atoms with Gasteiger partial charge in [0.1, 0.15) is 5.78 Å². The maximum Gasteiger partial charge on any atom is 0.179 e. The van der Waals surface area contributed by atoms with E-state index in [9.17, 15) is 13.2 Å². The molecule has 0 saturated carbocycles. The van der Waals surface area contributed by atoms with Crippen molar-refractivity contribution in [2.24, 2.45) is 5.92 Å². The fraction of sp³-hybridized carbons (Fsp3) is 0.350. The number of hydrogen-bond donors (Lipinski definition) is 0. The number of benzene rings is 2. The highest BCUT2D eigenvalue weighted by Crippen LogP contribution is 2.24. The number of hydrogen-bond acceptors (Lipinski definition) is 3. The van der Waals surface area contributed by atoms with Crippen molar-refractivity contribution in [3.05, 3.63) is 65.7 Å². The first-order valence-corrected chi connectivity index (χ1v) is 9.82. The summed E-state index contributed by atoms with van der Waals surface area (Å²) in [4.78, 5) is 12.3. The van der Waals surface area contributed by atoms with Crippen LogP contribution in [0.25, 0.3) is 0 Å². The van der Waals surface area contributed by atoms with E-state index < -0.39 is 15.8 Å². The number of Topliss-reactive ketones (excluding diaryl/α,β-unsaturated/α-hetero) is 1. The maximum absolute atomic E-state index is 12.6. The van der Waals surface area contributed by atoms with Gasteiger partial charge in [0.25, 0.3) is 0 Å². The molecule has 0 N–H and O–H groups in total. The second-order valence-corrected chi connectivity index (χ2v) is 8.63. The maximum atomic E-state index is 12.6. The average Bonchev–Trinajstić information content (AvgIpc) is 2.54. The van der Waals surface area contributed by atoms with Crippen LogP contribution in [0, 0.1) is 5.92 Å². The van der Waals surface area contributed by atoms with Gasteiger partial charge in [-0.1, -0.05) is 56.3 Å². The first kappa shape index (κ1) is 18.4. The Balaban J connectivity index is 2.25. The Morgan fingerprint density at radius 1 is 0.958 bits per heavy atom. The average molecular weight is 344 g/mol. The largest absolute Gasteiger partial charge is 0.299 e. The number of carbonyl (C=O) groups excluding carboxylic acids is 1. The molecule has 3 nitrogen and oxygen atoms in total. The van der Waals surface area contributed by atoms with Crippen LogP contribution >= 0.6 is 0 Å². The van der Waals surface area contributed by atoms with Gasteiger partial charge in [0, 0.05) is 0 Å². The molecule has 1 atom stereocenters. The molecule has 2 rings (SSSR count). The van der Waals surface area contributed by atoms with Crippen molar-refractivity contribution in [1.29, 1.82) is 0 Å². The molecule has 0 unspecified atom stereocenters. The standard InChI is InChI=1S/C20H24O3S/c1-15(2)13-17-9-11-18(12-10-17)20(16(3)21)14-24(22,23)19-7-5-4-6-8-19/h4-12,15,20H,13-14H2,1-3H3/t20-/m0/s1. The Bertz CT molecular complexity index is 775. The molecule has 2 aromatic rings. The molecule has 0 aliphatic carbocycles. The fourth-order valence-electron chi connectivity index (χ4n) is 2.75. The summed E-state index contributed by atoms with van der Waals surface area (Å²) in [6.07, 6.45) is 0.966. The third-order valence-corrected chi connectivity index (χ3v) is 5.77. The topological polar surface area (TPSA) is 51.2 Å². The normalized spacial score (nSPS) is 13.0. The zero-order chi connectivity index (χ0) is 17.7. The third-order valence-electron chi connectivity index (χ3n) is 4.01. The lowest BCUT2D eigenvalue weighted by Gasteiger charge is -2.16. The van der Waals surface area contributed by atoms with Crippen molar-refractivity contribution in [3.63, 3.8) is 0 Å².